The maximum atomic E-state index is 12.3. The van der Waals surface area contributed by atoms with Crippen LogP contribution in [0.4, 0.5) is 15.9 Å². The number of halogens is 1. The fourth-order valence-corrected chi connectivity index (χ4v) is 4.56. The zero-order valence-electron chi connectivity index (χ0n) is 18.1. The van der Waals surface area contributed by atoms with Gasteiger partial charge in [0.1, 0.15) is 0 Å². The van der Waals surface area contributed by atoms with Gasteiger partial charge >= 0.3 is 6.03 Å². The maximum Gasteiger partial charge on any atom is 0.321 e. The molecular formula is C23H30BrN7OS. The summed E-state index contributed by atoms with van der Waals surface area (Å²) in [6.07, 6.45) is 3.51. The van der Waals surface area contributed by atoms with Crippen molar-refractivity contribution in [2.75, 3.05) is 36.4 Å². The molecule has 3 N–H and O–H groups in total. The van der Waals surface area contributed by atoms with Crippen molar-refractivity contribution in [3.05, 3.63) is 63.3 Å². The minimum Gasteiger partial charge on any atom is -0.338 e. The van der Waals surface area contributed by atoms with Gasteiger partial charge in [-0.15, -0.1) is 11.3 Å². The molecule has 0 radical (unpaired) electrons. The molecule has 1 aromatic carbocycles. The Bertz CT molecular complexity index is 1050. The normalized spacial score (nSPS) is 13.8. The smallest absolute Gasteiger partial charge is 0.321 e. The van der Waals surface area contributed by atoms with Gasteiger partial charge in [-0.25, -0.2) is 19.7 Å². The largest absolute Gasteiger partial charge is 0.338 e. The molecule has 0 unspecified atom stereocenters. The number of nitrogens with one attached hydrogen (secondary N) is 3. The first kappa shape index (κ1) is 25.1. The van der Waals surface area contributed by atoms with Crippen molar-refractivity contribution in [2.24, 2.45) is 0 Å². The zero-order chi connectivity index (χ0) is 22.6. The van der Waals surface area contributed by atoms with Crippen molar-refractivity contribution < 1.29 is 4.79 Å². The minimum atomic E-state index is -0.307. The second-order valence-corrected chi connectivity index (χ2v) is 9.88. The molecule has 176 valence electrons. The first-order chi connectivity index (χ1) is 15.4. The van der Waals surface area contributed by atoms with Crippen molar-refractivity contribution in [1.29, 1.82) is 0 Å². The van der Waals surface area contributed by atoms with Crippen molar-refractivity contribution in [2.45, 2.75) is 33.2 Å². The SMILES string of the molecule is C.CC(C)(c1ccc(Br)cc1)c1csc(NC(=O)NCc2cnc(N3CCNCC3)nc2)n1. The Labute approximate surface area is 207 Å². The van der Waals surface area contributed by atoms with Gasteiger partial charge in [0.25, 0.3) is 0 Å². The summed E-state index contributed by atoms with van der Waals surface area (Å²) in [4.78, 5) is 28.0. The number of thiazole rings is 1. The molecule has 8 nitrogen and oxygen atoms in total. The van der Waals surface area contributed by atoms with Crippen molar-refractivity contribution >= 4 is 44.4 Å². The first-order valence-corrected chi connectivity index (χ1v) is 12.1. The van der Waals surface area contributed by atoms with Crippen molar-refractivity contribution in [3.63, 3.8) is 0 Å². The molecule has 1 aliphatic heterocycles. The Balaban J connectivity index is 0.00000306. The van der Waals surface area contributed by atoms with Gasteiger partial charge in [-0.3, -0.25) is 5.32 Å². The minimum absolute atomic E-state index is 0. The summed E-state index contributed by atoms with van der Waals surface area (Å²) in [6, 6.07) is 7.91. The van der Waals surface area contributed by atoms with Crippen molar-refractivity contribution in [1.82, 2.24) is 25.6 Å². The summed E-state index contributed by atoms with van der Waals surface area (Å²) in [5.41, 5.74) is 2.65. The van der Waals surface area contributed by atoms with Gasteiger partial charge in [0, 0.05) is 65.9 Å². The molecule has 1 aliphatic rings. The Kier molecular flexibility index (Phi) is 8.39. The second kappa shape index (κ2) is 11.0. The van der Waals surface area contributed by atoms with E-state index in [1.807, 2.05) is 17.5 Å². The number of aromatic nitrogens is 3. The summed E-state index contributed by atoms with van der Waals surface area (Å²) < 4.78 is 1.04. The summed E-state index contributed by atoms with van der Waals surface area (Å²) in [6.45, 7) is 8.26. The highest BCUT2D eigenvalue weighted by atomic mass is 79.9. The van der Waals surface area contributed by atoms with Gasteiger partial charge in [0.2, 0.25) is 5.95 Å². The van der Waals surface area contributed by atoms with Gasteiger partial charge < -0.3 is 15.5 Å². The molecule has 4 rings (SSSR count). The number of anilines is 2. The third-order valence-electron chi connectivity index (χ3n) is 5.48. The zero-order valence-corrected chi connectivity index (χ0v) is 20.5. The fraction of sp³-hybridized carbons (Fsp3) is 0.391. The summed E-state index contributed by atoms with van der Waals surface area (Å²) >= 11 is 4.89. The Hall–Kier alpha value is -2.56. The molecule has 1 fully saturated rings. The highest BCUT2D eigenvalue weighted by Crippen LogP contribution is 2.34. The van der Waals surface area contributed by atoms with Gasteiger partial charge in [-0.1, -0.05) is 49.3 Å². The lowest BCUT2D eigenvalue weighted by Gasteiger charge is -2.27. The molecule has 2 aromatic heterocycles. The lowest BCUT2D eigenvalue weighted by atomic mass is 9.82. The van der Waals surface area contributed by atoms with E-state index < -0.39 is 0 Å². The van der Waals surface area contributed by atoms with E-state index in [1.54, 1.807) is 12.4 Å². The number of rotatable bonds is 6. The first-order valence-electron chi connectivity index (χ1n) is 10.5. The van der Waals surface area contributed by atoms with Crippen LogP contribution in [-0.2, 0) is 12.0 Å². The van der Waals surface area contributed by atoms with E-state index in [-0.39, 0.29) is 18.9 Å². The maximum absolute atomic E-state index is 12.3. The van der Waals surface area contributed by atoms with Crippen LogP contribution in [-0.4, -0.2) is 47.2 Å². The summed E-state index contributed by atoms with van der Waals surface area (Å²) in [5.74, 6) is 0.725. The number of piperazine rings is 1. The molecule has 0 saturated carbocycles. The Morgan fingerprint density at radius 2 is 1.85 bits per heavy atom. The predicted octanol–water partition coefficient (Wildman–Crippen LogP) is 4.39. The molecule has 0 aliphatic carbocycles. The molecule has 33 heavy (non-hydrogen) atoms. The number of hydrogen-bond acceptors (Lipinski definition) is 7. The van der Waals surface area contributed by atoms with Gasteiger partial charge in [-0.2, -0.15) is 0 Å². The number of carbonyl (C=O) groups excluding carboxylic acids is 1. The van der Waals surface area contributed by atoms with E-state index in [4.69, 9.17) is 0 Å². The monoisotopic (exact) mass is 531 g/mol. The van der Waals surface area contributed by atoms with Gasteiger partial charge in [0.05, 0.1) is 5.69 Å². The number of nitrogens with zero attached hydrogens (tertiary/aromatic N) is 4. The van der Waals surface area contributed by atoms with E-state index in [2.05, 4.69) is 77.7 Å². The second-order valence-electron chi connectivity index (χ2n) is 8.11. The predicted molar refractivity (Wildman–Crippen MR) is 138 cm³/mol. The molecule has 3 heterocycles. The quantitative estimate of drug-likeness (QED) is 0.436. The van der Waals surface area contributed by atoms with Crippen molar-refractivity contribution in [3.8, 4) is 0 Å². The molecule has 10 heteroatoms. The van der Waals surface area contributed by atoms with Crippen LogP contribution in [0, 0.1) is 0 Å². The number of urea groups is 1. The average Bonchev–Trinajstić information content (AvgIpc) is 3.28. The number of hydrogen-bond donors (Lipinski definition) is 3. The average molecular weight is 533 g/mol. The summed E-state index contributed by atoms with van der Waals surface area (Å²) in [5, 5.41) is 11.5. The van der Waals surface area contributed by atoms with E-state index in [9.17, 15) is 4.79 Å². The molecule has 0 bridgehead atoms. The van der Waals surface area contributed by atoms with E-state index >= 15 is 0 Å². The molecule has 0 spiro atoms. The third-order valence-corrected chi connectivity index (χ3v) is 6.76. The number of carbonyl (C=O) groups is 1. The number of benzene rings is 1. The molecule has 2 amide bonds. The van der Waals surface area contributed by atoms with Crippen LogP contribution in [0.2, 0.25) is 0 Å². The lowest BCUT2D eigenvalue weighted by Crippen LogP contribution is -2.44. The van der Waals surface area contributed by atoms with Crippen LogP contribution in [0.1, 0.15) is 38.1 Å². The molecular weight excluding hydrogens is 502 g/mol. The van der Waals surface area contributed by atoms with Crippen LogP contribution in [0.3, 0.4) is 0 Å². The van der Waals surface area contributed by atoms with E-state index in [0.717, 1.165) is 53.4 Å². The van der Waals surface area contributed by atoms with E-state index in [0.29, 0.717) is 11.7 Å². The van der Waals surface area contributed by atoms with Crippen LogP contribution >= 0.6 is 27.3 Å². The molecule has 0 atom stereocenters. The lowest BCUT2D eigenvalue weighted by molar-refractivity contribution is 0.251. The highest BCUT2D eigenvalue weighted by molar-refractivity contribution is 9.10. The summed E-state index contributed by atoms with van der Waals surface area (Å²) in [7, 11) is 0. The third kappa shape index (κ3) is 6.27. The van der Waals surface area contributed by atoms with Crippen LogP contribution < -0.4 is 20.9 Å². The van der Waals surface area contributed by atoms with E-state index in [1.165, 1.54) is 11.3 Å². The molecule has 1 saturated heterocycles. The Morgan fingerprint density at radius 1 is 1.18 bits per heavy atom. The standard InChI is InChI=1S/C22H26BrN7OS.CH4/c1-22(2,16-3-5-17(23)6-4-16)18-14-32-21(28-18)29-20(31)27-13-15-11-25-19(26-12-15)30-9-7-24-8-10-30;/h3-6,11-12,14,24H,7-10,13H2,1-2H3,(H2,27,28,29,31);1H4. The topological polar surface area (TPSA) is 95.1 Å². The highest BCUT2D eigenvalue weighted by Gasteiger charge is 2.26. The van der Waals surface area contributed by atoms with Crippen LogP contribution in [0.25, 0.3) is 0 Å². The molecule has 3 aromatic rings. The van der Waals surface area contributed by atoms with Crippen LogP contribution in [0.5, 0.6) is 0 Å². The number of amides is 2. The van der Waals surface area contributed by atoms with Gasteiger partial charge in [-0.05, 0) is 17.7 Å². The fourth-order valence-electron chi connectivity index (χ4n) is 3.42. The van der Waals surface area contributed by atoms with Gasteiger partial charge in [0.15, 0.2) is 5.13 Å². The Morgan fingerprint density at radius 3 is 2.52 bits per heavy atom. The van der Waals surface area contributed by atoms with Crippen LogP contribution in [0.15, 0.2) is 46.5 Å².